The highest BCUT2D eigenvalue weighted by atomic mass is 32.2. The minimum absolute atomic E-state index is 0.0877. The van der Waals surface area contributed by atoms with Gasteiger partial charge in [-0.2, -0.15) is 0 Å². The average molecular weight is 312 g/mol. The van der Waals surface area contributed by atoms with Gasteiger partial charge in [-0.05, 0) is 49.3 Å². The first-order valence-corrected chi connectivity index (χ1v) is 8.97. The van der Waals surface area contributed by atoms with Crippen molar-refractivity contribution in [2.24, 2.45) is 5.92 Å². The van der Waals surface area contributed by atoms with E-state index in [1.165, 1.54) is 0 Å². The third-order valence-corrected chi connectivity index (χ3v) is 5.43. The molecule has 1 saturated carbocycles. The first-order valence-electron chi connectivity index (χ1n) is 7.32. The summed E-state index contributed by atoms with van der Waals surface area (Å²) in [4.78, 5) is 0. The van der Waals surface area contributed by atoms with Crippen LogP contribution < -0.4 is 10.5 Å². The molecule has 4 N–H and O–H groups in total. The van der Waals surface area contributed by atoms with Gasteiger partial charge < -0.3 is 10.8 Å². The smallest absolute Gasteiger partial charge is 0.215 e. The third-order valence-electron chi connectivity index (χ3n) is 4.13. The molecular formula is C15H24N2O3S. The van der Waals surface area contributed by atoms with Crippen LogP contribution in [0, 0.1) is 5.92 Å². The fourth-order valence-electron chi connectivity index (χ4n) is 2.67. The van der Waals surface area contributed by atoms with E-state index in [9.17, 15) is 13.5 Å². The summed E-state index contributed by atoms with van der Waals surface area (Å²) in [6, 6.07) is 6.83. The van der Waals surface area contributed by atoms with Crippen molar-refractivity contribution in [1.29, 1.82) is 0 Å². The lowest BCUT2D eigenvalue weighted by Gasteiger charge is -2.34. The molecule has 0 atom stereocenters. The summed E-state index contributed by atoms with van der Waals surface area (Å²) in [5, 5.41) is 10.4. The number of nitrogens with two attached hydrogens (primary N) is 1. The van der Waals surface area contributed by atoms with Crippen LogP contribution in [0.3, 0.4) is 0 Å². The Morgan fingerprint density at radius 2 is 2.05 bits per heavy atom. The first-order chi connectivity index (χ1) is 9.78. The summed E-state index contributed by atoms with van der Waals surface area (Å²) in [6.07, 6.45) is 3.17. The van der Waals surface area contributed by atoms with Crippen LogP contribution in [-0.2, 0) is 15.8 Å². The van der Waals surface area contributed by atoms with Gasteiger partial charge in [-0.15, -0.1) is 0 Å². The molecule has 1 aliphatic carbocycles. The van der Waals surface area contributed by atoms with Crippen molar-refractivity contribution < 1.29 is 13.5 Å². The maximum absolute atomic E-state index is 12.1. The van der Waals surface area contributed by atoms with Crippen molar-refractivity contribution in [3.05, 3.63) is 29.8 Å². The van der Waals surface area contributed by atoms with Gasteiger partial charge in [0.15, 0.2) is 0 Å². The van der Waals surface area contributed by atoms with Crippen LogP contribution in [-0.4, -0.2) is 25.7 Å². The van der Waals surface area contributed by atoms with Crippen molar-refractivity contribution in [3.63, 3.8) is 0 Å². The van der Waals surface area contributed by atoms with Crippen molar-refractivity contribution in [2.75, 3.05) is 12.3 Å². The number of rotatable bonds is 5. The lowest BCUT2D eigenvalue weighted by molar-refractivity contribution is -0.00183. The Morgan fingerprint density at radius 1 is 1.38 bits per heavy atom. The van der Waals surface area contributed by atoms with Gasteiger partial charge in [-0.25, -0.2) is 13.1 Å². The van der Waals surface area contributed by atoms with Crippen LogP contribution in [0.4, 0.5) is 5.69 Å². The monoisotopic (exact) mass is 312 g/mol. The van der Waals surface area contributed by atoms with Gasteiger partial charge in [0.05, 0.1) is 11.4 Å². The standard InChI is InChI=1S/C15H24N2O3S/c1-12-5-7-15(18,8-6-12)11-17-21(19,20)10-13-3-2-4-14(16)9-13/h2-4,9,12,17-18H,5-8,10-11,16H2,1H3. The Bertz CT molecular complexity index is 578. The molecule has 2 rings (SSSR count). The molecule has 1 fully saturated rings. The Balaban J connectivity index is 1.92. The molecule has 0 aliphatic heterocycles. The van der Waals surface area contributed by atoms with Gasteiger partial charge in [-0.1, -0.05) is 19.1 Å². The lowest BCUT2D eigenvalue weighted by Crippen LogP contribution is -2.45. The molecular weight excluding hydrogens is 288 g/mol. The number of hydrogen-bond acceptors (Lipinski definition) is 4. The van der Waals surface area contributed by atoms with E-state index in [1.54, 1.807) is 24.3 Å². The van der Waals surface area contributed by atoms with E-state index in [4.69, 9.17) is 5.73 Å². The van der Waals surface area contributed by atoms with Crippen LogP contribution in [0.2, 0.25) is 0 Å². The topological polar surface area (TPSA) is 92.4 Å². The molecule has 0 saturated heterocycles. The van der Waals surface area contributed by atoms with Crippen molar-refractivity contribution in [3.8, 4) is 0 Å². The normalized spacial score (nSPS) is 26.7. The van der Waals surface area contributed by atoms with Crippen LogP contribution >= 0.6 is 0 Å². The molecule has 0 spiro atoms. The molecule has 0 unspecified atom stereocenters. The maximum Gasteiger partial charge on any atom is 0.215 e. The molecule has 1 aromatic carbocycles. The van der Waals surface area contributed by atoms with E-state index >= 15 is 0 Å². The molecule has 1 aromatic rings. The minimum Gasteiger partial charge on any atom is -0.399 e. The number of benzene rings is 1. The Labute approximate surface area is 126 Å². The van der Waals surface area contributed by atoms with Gasteiger partial charge in [0.25, 0.3) is 0 Å². The van der Waals surface area contributed by atoms with Crippen LogP contribution in [0.1, 0.15) is 38.2 Å². The molecule has 0 heterocycles. The van der Waals surface area contributed by atoms with E-state index in [0.717, 1.165) is 12.8 Å². The quantitative estimate of drug-likeness (QED) is 0.721. The van der Waals surface area contributed by atoms with Crippen LogP contribution in [0.25, 0.3) is 0 Å². The summed E-state index contributed by atoms with van der Waals surface area (Å²) in [6.45, 7) is 2.24. The molecule has 0 amide bonds. The maximum atomic E-state index is 12.1. The van der Waals surface area contributed by atoms with Crippen molar-refractivity contribution in [1.82, 2.24) is 4.72 Å². The second-order valence-corrected chi connectivity index (χ2v) is 8.04. The second-order valence-electron chi connectivity index (χ2n) is 6.23. The number of hydrogen-bond donors (Lipinski definition) is 3. The SMILES string of the molecule is CC1CCC(O)(CNS(=O)(=O)Cc2cccc(N)c2)CC1. The summed E-state index contributed by atoms with van der Waals surface area (Å²) in [5.41, 5.74) is 5.93. The highest BCUT2D eigenvalue weighted by molar-refractivity contribution is 7.88. The number of aliphatic hydroxyl groups is 1. The Morgan fingerprint density at radius 3 is 2.67 bits per heavy atom. The largest absolute Gasteiger partial charge is 0.399 e. The van der Waals surface area contributed by atoms with E-state index in [1.807, 2.05) is 0 Å². The highest BCUT2D eigenvalue weighted by Gasteiger charge is 2.32. The molecule has 21 heavy (non-hydrogen) atoms. The minimum atomic E-state index is -3.47. The molecule has 0 radical (unpaired) electrons. The Kier molecular flexibility index (Phi) is 4.91. The summed E-state index contributed by atoms with van der Waals surface area (Å²) in [5.74, 6) is 0.485. The molecule has 5 nitrogen and oxygen atoms in total. The number of sulfonamides is 1. The van der Waals surface area contributed by atoms with Gasteiger partial charge >= 0.3 is 0 Å². The summed E-state index contributed by atoms with van der Waals surface area (Å²) in [7, 11) is -3.47. The zero-order chi connectivity index (χ0) is 15.5. The predicted molar refractivity (Wildman–Crippen MR) is 84.1 cm³/mol. The molecule has 6 heteroatoms. The zero-order valence-electron chi connectivity index (χ0n) is 12.4. The molecule has 0 aromatic heterocycles. The van der Waals surface area contributed by atoms with E-state index in [-0.39, 0.29) is 12.3 Å². The van der Waals surface area contributed by atoms with Gasteiger partial charge in [0, 0.05) is 12.2 Å². The van der Waals surface area contributed by atoms with Crippen molar-refractivity contribution >= 4 is 15.7 Å². The van der Waals surface area contributed by atoms with Gasteiger partial charge in [0.1, 0.15) is 0 Å². The summed E-state index contributed by atoms with van der Waals surface area (Å²) >= 11 is 0. The number of anilines is 1. The average Bonchev–Trinajstić information content (AvgIpc) is 2.40. The third kappa shape index (κ3) is 4.98. The van der Waals surface area contributed by atoms with E-state index in [2.05, 4.69) is 11.6 Å². The van der Waals surface area contributed by atoms with E-state index < -0.39 is 15.6 Å². The molecule has 0 bridgehead atoms. The molecule has 118 valence electrons. The van der Waals surface area contributed by atoms with E-state index in [0.29, 0.717) is 30.0 Å². The predicted octanol–water partition coefficient (Wildman–Crippen LogP) is 1.63. The number of nitrogen functional groups attached to an aromatic ring is 1. The molecule has 1 aliphatic rings. The summed E-state index contributed by atoms with van der Waals surface area (Å²) < 4.78 is 26.7. The Hall–Kier alpha value is -1.11. The lowest BCUT2D eigenvalue weighted by atomic mass is 9.80. The number of nitrogens with one attached hydrogen (secondary N) is 1. The van der Waals surface area contributed by atoms with Gasteiger partial charge in [0.2, 0.25) is 10.0 Å². The fraction of sp³-hybridized carbons (Fsp3) is 0.600. The highest BCUT2D eigenvalue weighted by Crippen LogP contribution is 2.31. The van der Waals surface area contributed by atoms with Gasteiger partial charge in [-0.3, -0.25) is 0 Å². The fourth-order valence-corrected chi connectivity index (χ4v) is 3.88. The first kappa shape index (κ1) is 16.3. The van der Waals surface area contributed by atoms with Crippen LogP contribution in [0.5, 0.6) is 0 Å². The van der Waals surface area contributed by atoms with Crippen molar-refractivity contribution in [2.45, 2.75) is 44.0 Å². The van der Waals surface area contributed by atoms with Crippen LogP contribution in [0.15, 0.2) is 24.3 Å². The zero-order valence-corrected chi connectivity index (χ0v) is 13.2. The second kappa shape index (κ2) is 6.34.